The predicted molar refractivity (Wildman–Crippen MR) is 82.0 cm³/mol. The van der Waals surface area contributed by atoms with Crippen LogP contribution in [-0.4, -0.2) is 6.04 Å². The summed E-state index contributed by atoms with van der Waals surface area (Å²) in [5.74, 6) is 0. The van der Waals surface area contributed by atoms with Crippen LogP contribution in [0, 0.1) is 0 Å². The van der Waals surface area contributed by atoms with E-state index in [9.17, 15) is 0 Å². The topological polar surface area (TPSA) is 3.24 Å². The summed E-state index contributed by atoms with van der Waals surface area (Å²) < 4.78 is 0. The molecule has 0 aromatic heterocycles. The molecular weight excluding hydrogens is 218 g/mol. The van der Waals surface area contributed by atoms with E-state index in [1.807, 2.05) is 0 Å². The van der Waals surface area contributed by atoms with Crippen LogP contribution < -0.4 is 4.90 Å². The van der Waals surface area contributed by atoms with Crippen molar-refractivity contribution in [3.8, 4) is 0 Å². The lowest BCUT2D eigenvalue weighted by Gasteiger charge is -2.35. The van der Waals surface area contributed by atoms with Crippen LogP contribution in [0.15, 0.2) is 42.6 Å². The number of para-hydroxylation sites is 1. The molecule has 100 valence electrons. The first-order valence-electron chi connectivity index (χ1n) is 7.26. The van der Waals surface area contributed by atoms with Crippen molar-refractivity contribution in [2.75, 3.05) is 4.90 Å². The molecule has 0 saturated carbocycles. The maximum absolute atomic E-state index is 4.26. The fourth-order valence-electron chi connectivity index (χ4n) is 2.48. The third-order valence-corrected chi connectivity index (χ3v) is 3.39. The Morgan fingerprint density at radius 2 is 1.61 bits per heavy atom. The number of hydrogen-bond acceptors (Lipinski definition) is 1. The third kappa shape index (κ3) is 3.90. The second kappa shape index (κ2) is 7.97. The number of benzene rings is 1. The van der Waals surface area contributed by atoms with Gasteiger partial charge in [0.1, 0.15) is 0 Å². The van der Waals surface area contributed by atoms with Gasteiger partial charge in [0.05, 0.1) is 0 Å². The average Bonchev–Trinajstić information content (AvgIpc) is 2.40. The maximum atomic E-state index is 4.26. The summed E-state index contributed by atoms with van der Waals surface area (Å²) in [5.41, 5.74) is 2.52. The first-order chi connectivity index (χ1) is 8.74. The van der Waals surface area contributed by atoms with E-state index in [2.05, 4.69) is 62.6 Å². The quantitative estimate of drug-likeness (QED) is 0.594. The highest BCUT2D eigenvalue weighted by Crippen LogP contribution is 2.27. The van der Waals surface area contributed by atoms with Crippen molar-refractivity contribution in [3.63, 3.8) is 0 Å². The van der Waals surface area contributed by atoms with E-state index < -0.39 is 0 Å². The van der Waals surface area contributed by atoms with Crippen molar-refractivity contribution in [1.29, 1.82) is 0 Å². The summed E-state index contributed by atoms with van der Waals surface area (Å²) in [6.45, 7) is 11.0. The van der Waals surface area contributed by atoms with Crippen molar-refractivity contribution in [2.24, 2.45) is 0 Å². The van der Waals surface area contributed by atoms with Crippen LogP contribution in [-0.2, 0) is 0 Å². The van der Waals surface area contributed by atoms with Gasteiger partial charge in [0, 0.05) is 17.4 Å². The summed E-state index contributed by atoms with van der Waals surface area (Å²) in [6.07, 6.45) is 5.94. The molecule has 0 radical (unpaired) electrons. The normalized spacial score (nSPS) is 10.7. The van der Waals surface area contributed by atoms with Crippen LogP contribution in [0.5, 0.6) is 0 Å². The Labute approximate surface area is 113 Å². The molecule has 0 atom stereocenters. The highest BCUT2D eigenvalue weighted by molar-refractivity contribution is 5.52. The molecule has 1 rings (SSSR count). The molecule has 0 unspecified atom stereocenters. The smallest absolute Gasteiger partial charge is 0.0410 e. The first-order valence-corrected chi connectivity index (χ1v) is 7.26. The SMILES string of the molecule is C=C(CC)N(c1ccccc1)C(CCC)CCC. The summed E-state index contributed by atoms with van der Waals surface area (Å²) in [4.78, 5) is 2.45. The van der Waals surface area contributed by atoms with Crippen molar-refractivity contribution < 1.29 is 0 Å². The molecule has 18 heavy (non-hydrogen) atoms. The molecule has 1 aromatic rings. The number of rotatable bonds is 8. The highest BCUT2D eigenvalue weighted by Gasteiger charge is 2.19. The van der Waals surface area contributed by atoms with Gasteiger partial charge in [-0.1, -0.05) is 58.4 Å². The van der Waals surface area contributed by atoms with Gasteiger partial charge in [-0.2, -0.15) is 0 Å². The lowest BCUT2D eigenvalue weighted by Crippen LogP contribution is -2.34. The van der Waals surface area contributed by atoms with E-state index in [-0.39, 0.29) is 0 Å². The molecule has 0 fully saturated rings. The molecule has 0 aliphatic rings. The number of nitrogens with zero attached hydrogens (tertiary/aromatic N) is 1. The number of allylic oxidation sites excluding steroid dienone is 1. The molecule has 0 spiro atoms. The number of hydrogen-bond donors (Lipinski definition) is 0. The van der Waals surface area contributed by atoms with Gasteiger partial charge < -0.3 is 4.90 Å². The third-order valence-electron chi connectivity index (χ3n) is 3.39. The fourth-order valence-corrected chi connectivity index (χ4v) is 2.48. The van der Waals surface area contributed by atoms with Gasteiger partial charge in [0.2, 0.25) is 0 Å². The van der Waals surface area contributed by atoms with Crippen LogP contribution in [0.3, 0.4) is 0 Å². The minimum absolute atomic E-state index is 0.592. The Morgan fingerprint density at radius 1 is 1.06 bits per heavy atom. The molecular formula is C17H27N. The van der Waals surface area contributed by atoms with Crippen molar-refractivity contribution in [1.82, 2.24) is 0 Å². The minimum Gasteiger partial charge on any atom is -0.343 e. The predicted octanol–water partition coefficient (Wildman–Crippen LogP) is 5.39. The minimum atomic E-state index is 0.592. The van der Waals surface area contributed by atoms with Gasteiger partial charge in [-0.25, -0.2) is 0 Å². The molecule has 0 amide bonds. The second-order valence-electron chi connectivity index (χ2n) is 4.86. The van der Waals surface area contributed by atoms with Gasteiger partial charge in [-0.05, 0) is 31.4 Å². The summed E-state index contributed by atoms with van der Waals surface area (Å²) in [5, 5.41) is 0. The van der Waals surface area contributed by atoms with Gasteiger partial charge in [0.15, 0.2) is 0 Å². The van der Waals surface area contributed by atoms with Gasteiger partial charge >= 0.3 is 0 Å². The average molecular weight is 245 g/mol. The zero-order valence-corrected chi connectivity index (χ0v) is 12.2. The molecule has 0 bridgehead atoms. The Kier molecular flexibility index (Phi) is 6.56. The molecule has 1 aromatic carbocycles. The summed E-state index contributed by atoms with van der Waals surface area (Å²) in [7, 11) is 0. The van der Waals surface area contributed by atoms with E-state index in [0.29, 0.717) is 6.04 Å². The largest absolute Gasteiger partial charge is 0.343 e. The Morgan fingerprint density at radius 3 is 2.06 bits per heavy atom. The summed E-state index contributed by atoms with van der Waals surface area (Å²) in [6, 6.07) is 11.3. The van der Waals surface area contributed by atoms with E-state index in [1.54, 1.807) is 0 Å². The molecule has 0 saturated heterocycles. The molecule has 1 heteroatoms. The lowest BCUT2D eigenvalue weighted by molar-refractivity contribution is 0.526. The molecule has 0 heterocycles. The van der Waals surface area contributed by atoms with Crippen LogP contribution in [0.2, 0.25) is 0 Å². The van der Waals surface area contributed by atoms with Crippen molar-refractivity contribution in [2.45, 2.75) is 58.9 Å². The summed E-state index contributed by atoms with van der Waals surface area (Å²) >= 11 is 0. The first kappa shape index (κ1) is 14.8. The van der Waals surface area contributed by atoms with Gasteiger partial charge in [0.25, 0.3) is 0 Å². The van der Waals surface area contributed by atoms with E-state index in [4.69, 9.17) is 0 Å². The van der Waals surface area contributed by atoms with Crippen LogP contribution >= 0.6 is 0 Å². The van der Waals surface area contributed by atoms with E-state index in [1.165, 1.54) is 37.1 Å². The zero-order valence-electron chi connectivity index (χ0n) is 12.2. The molecule has 0 aliphatic heterocycles. The number of anilines is 1. The monoisotopic (exact) mass is 245 g/mol. The van der Waals surface area contributed by atoms with Crippen LogP contribution in [0.1, 0.15) is 52.9 Å². The van der Waals surface area contributed by atoms with Crippen molar-refractivity contribution >= 4 is 5.69 Å². The molecule has 1 nitrogen and oxygen atoms in total. The van der Waals surface area contributed by atoms with Gasteiger partial charge in [-0.3, -0.25) is 0 Å². The van der Waals surface area contributed by atoms with E-state index in [0.717, 1.165) is 6.42 Å². The van der Waals surface area contributed by atoms with E-state index >= 15 is 0 Å². The molecule has 0 aliphatic carbocycles. The Hall–Kier alpha value is -1.24. The standard InChI is InChI=1S/C17H27N/c1-5-11-16(12-6-2)18(15(4)7-3)17-13-9-8-10-14-17/h8-10,13-14,16H,4-7,11-12H2,1-3H3. The highest BCUT2D eigenvalue weighted by atomic mass is 15.2. The van der Waals surface area contributed by atoms with Crippen LogP contribution in [0.4, 0.5) is 5.69 Å². The van der Waals surface area contributed by atoms with Crippen molar-refractivity contribution in [3.05, 3.63) is 42.6 Å². The Bertz CT molecular complexity index is 336. The molecule has 0 N–H and O–H groups in total. The fraction of sp³-hybridized carbons (Fsp3) is 0.529. The Balaban J connectivity index is 2.99. The maximum Gasteiger partial charge on any atom is 0.0410 e. The van der Waals surface area contributed by atoms with Gasteiger partial charge in [-0.15, -0.1) is 0 Å². The van der Waals surface area contributed by atoms with Crippen LogP contribution in [0.25, 0.3) is 0 Å². The second-order valence-corrected chi connectivity index (χ2v) is 4.86. The lowest BCUT2D eigenvalue weighted by atomic mass is 10.0. The zero-order chi connectivity index (χ0) is 13.4.